The first-order valence-electron chi connectivity index (χ1n) is 5.86. The number of carboxylic acid groups (broad SMARTS) is 1. The second kappa shape index (κ2) is 6.90. The molecule has 1 aromatic rings. The average Bonchev–Trinajstić information content (AvgIpc) is 2.29. The number of carbonyl (C=O) groups is 2. The van der Waals surface area contributed by atoms with Gasteiger partial charge in [-0.05, 0) is 18.6 Å². The number of carboxylic acids is 1. The molecule has 0 unspecified atom stereocenters. The van der Waals surface area contributed by atoms with Crippen molar-refractivity contribution in [3.8, 4) is 0 Å². The Hall–Kier alpha value is -2.09. The molecular weight excluding hydrogens is 284 g/mol. The van der Waals surface area contributed by atoms with Gasteiger partial charge in [0, 0.05) is 12.8 Å². The highest BCUT2D eigenvalue weighted by atomic mass is 32.2. The van der Waals surface area contributed by atoms with E-state index in [1.165, 1.54) is 6.07 Å². The minimum atomic E-state index is -3.44. The molecule has 0 spiro atoms. The fourth-order valence-electron chi connectivity index (χ4n) is 1.49. The zero-order valence-electron chi connectivity index (χ0n) is 10.9. The maximum absolute atomic E-state index is 11.6. The van der Waals surface area contributed by atoms with E-state index in [0.29, 0.717) is 5.69 Å². The van der Waals surface area contributed by atoms with E-state index in [4.69, 9.17) is 5.11 Å². The largest absolute Gasteiger partial charge is 0.481 e. The maximum Gasteiger partial charge on any atom is 0.303 e. The predicted molar refractivity (Wildman–Crippen MR) is 75.0 cm³/mol. The van der Waals surface area contributed by atoms with Crippen molar-refractivity contribution in [3.63, 3.8) is 0 Å². The van der Waals surface area contributed by atoms with Crippen LogP contribution in [0, 0.1) is 0 Å². The molecule has 20 heavy (non-hydrogen) atoms. The number of aliphatic carboxylic acids is 1. The highest BCUT2D eigenvalue weighted by Gasteiger charge is 2.10. The number of para-hydroxylation sites is 2. The van der Waals surface area contributed by atoms with Gasteiger partial charge in [-0.25, -0.2) is 8.42 Å². The molecule has 3 N–H and O–H groups in total. The van der Waals surface area contributed by atoms with E-state index >= 15 is 0 Å². The van der Waals surface area contributed by atoms with Crippen LogP contribution in [0.25, 0.3) is 0 Å². The van der Waals surface area contributed by atoms with E-state index in [1.54, 1.807) is 18.2 Å². The van der Waals surface area contributed by atoms with Gasteiger partial charge in [0.05, 0.1) is 17.6 Å². The lowest BCUT2D eigenvalue weighted by molar-refractivity contribution is -0.137. The topological polar surface area (TPSA) is 113 Å². The molecule has 0 bridgehead atoms. The molecule has 1 aromatic carbocycles. The molecule has 0 aromatic heterocycles. The van der Waals surface area contributed by atoms with E-state index in [-0.39, 0.29) is 30.9 Å². The molecule has 7 nitrogen and oxygen atoms in total. The number of hydrogen-bond donors (Lipinski definition) is 3. The zero-order valence-corrected chi connectivity index (χ0v) is 11.7. The molecule has 0 saturated carbocycles. The number of nitrogens with one attached hydrogen (secondary N) is 2. The Balaban J connectivity index is 2.67. The van der Waals surface area contributed by atoms with Crippen molar-refractivity contribution in [2.45, 2.75) is 19.3 Å². The van der Waals surface area contributed by atoms with E-state index in [2.05, 4.69) is 10.0 Å². The van der Waals surface area contributed by atoms with Crippen LogP contribution in [0.3, 0.4) is 0 Å². The van der Waals surface area contributed by atoms with Gasteiger partial charge >= 0.3 is 5.97 Å². The highest BCUT2D eigenvalue weighted by Crippen LogP contribution is 2.22. The van der Waals surface area contributed by atoms with Gasteiger partial charge in [-0.15, -0.1) is 0 Å². The van der Waals surface area contributed by atoms with Gasteiger partial charge in [0.2, 0.25) is 15.9 Å². The Morgan fingerprint density at radius 3 is 2.30 bits per heavy atom. The SMILES string of the molecule is CS(=O)(=O)Nc1ccccc1NC(=O)CCCC(=O)O. The number of amides is 1. The van der Waals surface area contributed by atoms with Crippen molar-refractivity contribution < 1.29 is 23.1 Å². The van der Waals surface area contributed by atoms with E-state index in [1.807, 2.05) is 0 Å². The summed E-state index contributed by atoms with van der Waals surface area (Å²) in [6.45, 7) is 0. The Morgan fingerprint density at radius 1 is 1.15 bits per heavy atom. The monoisotopic (exact) mass is 300 g/mol. The molecule has 0 aliphatic heterocycles. The minimum absolute atomic E-state index is 0.0551. The summed E-state index contributed by atoms with van der Waals surface area (Å²) in [4.78, 5) is 22.0. The van der Waals surface area contributed by atoms with Crippen LogP contribution >= 0.6 is 0 Å². The van der Waals surface area contributed by atoms with Crippen molar-refractivity contribution in [2.24, 2.45) is 0 Å². The molecule has 0 aliphatic rings. The summed E-state index contributed by atoms with van der Waals surface area (Å²) in [6.07, 6.45) is 1.21. The van der Waals surface area contributed by atoms with Gasteiger partial charge in [-0.2, -0.15) is 0 Å². The average molecular weight is 300 g/mol. The summed E-state index contributed by atoms with van der Waals surface area (Å²) in [5, 5.41) is 11.0. The van der Waals surface area contributed by atoms with Crippen LogP contribution in [-0.4, -0.2) is 31.7 Å². The first-order valence-corrected chi connectivity index (χ1v) is 7.75. The van der Waals surface area contributed by atoms with Crippen molar-refractivity contribution in [3.05, 3.63) is 24.3 Å². The maximum atomic E-state index is 11.6. The quantitative estimate of drug-likeness (QED) is 0.701. The van der Waals surface area contributed by atoms with Gasteiger partial charge in [0.15, 0.2) is 0 Å². The van der Waals surface area contributed by atoms with Crippen LogP contribution < -0.4 is 10.0 Å². The number of rotatable bonds is 7. The van der Waals surface area contributed by atoms with Gasteiger partial charge in [-0.3, -0.25) is 14.3 Å². The third kappa shape index (κ3) is 6.19. The number of sulfonamides is 1. The van der Waals surface area contributed by atoms with Gasteiger partial charge in [0.1, 0.15) is 0 Å². The Kier molecular flexibility index (Phi) is 5.51. The standard InChI is InChI=1S/C12H16N2O5S/c1-20(18,19)14-10-6-3-2-5-9(10)13-11(15)7-4-8-12(16)17/h2-3,5-6,14H,4,7-8H2,1H3,(H,13,15)(H,16,17). The lowest BCUT2D eigenvalue weighted by atomic mass is 10.2. The summed E-state index contributed by atoms with van der Waals surface area (Å²) in [7, 11) is -3.44. The summed E-state index contributed by atoms with van der Waals surface area (Å²) >= 11 is 0. The van der Waals surface area contributed by atoms with Crippen molar-refractivity contribution in [1.29, 1.82) is 0 Å². The normalized spacial score (nSPS) is 10.8. The van der Waals surface area contributed by atoms with Gasteiger partial charge < -0.3 is 10.4 Å². The molecule has 0 radical (unpaired) electrons. The molecule has 0 atom stereocenters. The fraction of sp³-hybridized carbons (Fsp3) is 0.333. The van der Waals surface area contributed by atoms with E-state index < -0.39 is 16.0 Å². The molecule has 8 heteroatoms. The third-order valence-corrected chi connectivity index (χ3v) is 2.88. The van der Waals surface area contributed by atoms with E-state index in [9.17, 15) is 18.0 Å². The predicted octanol–water partition coefficient (Wildman–Crippen LogP) is 1.25. The molecule has 0 aliphatic carbocycles. The molecule has 110 valence electrons. The molecule has 0 saturated heterocycles. The molecule has 0 fully saturated rings. The minimum Gasteiger partial charge on any atom is -0.481 e. The fourth-order valence-corrected chi connectivity index (χ4v) is 2.07. The van der Waals surface area contributed by atoms with Crippen LogP contribution in [0.1, 0.15) is 19.3 Å². The molecular formula is C12H16N2O5S. The number of carbonyl (C=O) groups excluding carboxylic acids is 1. The Labute approximate surface area is 117 Å². The van der Waals surface area contributed by atoms with Crippen molar-refractivity contribution >= 4 is 33.3 Å². The summed E-state index contributed by atoms with van der Waals surface area (Å²) < 4.78 is 24.7. The highest BCUT2D eigenvalue weighted by molar-refractivity contribution is 7.92. The van der Waals surface area contributed by atoms with Gasteiger partial charge in [0.25, 0.3) is 0 Å². The summed E-state index contributed by atoms with van der Waals surface area (Å²) in [6, 6.07) is 6.37. The second-order valence-corrected chi connectivity index (χ2v) is 5.96. The zero-order chi connectivity index (χ0) is 15.2. The van der Waals surface area contributed by atoms with Crippen molar-refractivity contribution in [1.82, 2.24) is 0 Å². The Morgan fingerprint density at radius 2 is 1.75 bits per heavy atom. The summed E-state index contributed by atoms with van der Waals surface area (Å²) in [5.41, 5.74) is 0.597. The number of hydrogen-bond acceptors (Lipinski definition) is 4. The van der Waals surface area contributed by atoms with Crippen molar-refractivity contribution in [2.75, 3.05) is 16.3 Å². The van der Waals surface area contributed by atoms with Crippen LogP contribution in [-0.2, 0) is 19.6 Å². The smallest absolute Gasteiger partial charge is 0.303 e. The lowest BCUT2D eigenvalue weighted by Crippen LogP contribution is -2.16. The van der Waals surface area contributed by atoms with E-state index in [0.717, 1.165) is 6.26 Å². The second-order valence-electron chi connectivity index (χ2n) is 4.22. The first-order chi connectivity index (χ1) is 9.28. The van der Waals surface area contributed by atoms with Crippen LogP contribution in [0.15, 0.2) is 24.3 Å². The molecule has 1 rings (SSSR count). The summed E-state index contributed by atoms with van der Waals surface area (Å²) in [5.74, 6) is -1.33. The Bertz CT molecular complexity index is 598. The molecule has 0 heterocycles. The third-order valence-electron chi connectivity index (χ3n) is 2.29. The molecule has 1 amide bonds. The van der Waals surface area contributed by atoms with Crippen LogP contribution in [0.5, 0.6) is 0 Å². The first kappa shape index (κ1) is 16.0. The van der Waals surface area contributed by atoms with Gasteiger partial charge in [-0.1, -0.05) is 12.1 Å². The van der Waals surface area contributed by atoms with Crippen LogP contribution in [0.2, 0.25) is 0 Å². The number of benzene rings is 1. The van der Waals surface area contributed by atoms with Crippen LogP contribution in [0.4, 0.5) is 11.4 Å². The number of anilines is 2. The lowest BCUT2D eigenvalue weighted by Gasteiger charge is -2.11.